The lowest BCUT2D eigenvalue weighted by atomic mass is 9.76. The summed E-state index contributed by atoms with van der Waals surface area (Å²) in [6.45, 7) is 9.62. The average Bonchev–Trinajstić information content (AvgIpc) is 3.04. The highest BCUT2D eigenvalue weighted by Crippen LogP contribution is 2.45. The maximum atomic E-state index is 9.16. The van der Waals surface area contributed by atoms with Crippen molar-refractivity contribution in [1.82, 2.24) is 9.97 Å². The summed E-state index contributed by atoms with van der Waals surface area (Å²) in [6, 6.07) is 11.0. The highest BCUT2D eigenvalue weighted by molar-refractivity contribution is 5.48. The number of rotatable bonds is 3. The number of piperidine rings is 1. The van der Waals surface area contributed by atoms with Crippen LogP contribution < -0.4 is 9.80 Å². The molecule has 0 unspecified atom stereocenters. The van der Waals surface area contributed by atoms with Crippen molar-refractivity contribution in [2.75, 3.05) is 29.4 Å². The highest BCUT2D eigenvalue weighted by atomic mass is 15.2. The first-order valence-electron chi connectivity index (χ1n) is 10.4. The molecule has 1 atom stereocenters. The molecule has 0 amide bonds. The van der Waals surface area contributed by atoms with Crippen LogP contribution in [0.1, 0.15) is 50.1 Å². The Morgan fingerprint density at radius 2 is 2.00 bits per heavy atom. The first-order chi connectivity index (χ1) is 13.5. The molecule has 0 saturated carbocycles. The van der Waals surface area contributed by atoms with Gasteiger partial charge >= 0.3 is 0 Å². The molecule has 2 saturated heterocycles. The van der Waals surface area contributed by atoms with E-state index < -0.39 is 0 Å². The van der Waals surface area contributed by atoms with E-state index in [1.54, 1.807) is 0 Å². The van der Waals surface area contributed by atoms with Gasteiger partial charge in [-0.25, -0.2) is 4.98 Å². The van der Waals surface area contributed by atoms with E-state index in [1.807, 2.05) is 25.3 Å². The van der Waals surface area contributed by atoms with Crippen LogP contribution in [-0.2, 0) is 6.42 Å². The zero-order valence-electron chi connectivity index (χ0n) is 17.1. The molecular weight excluding hydrogens is 346 g/mol. The largest absolute Gasteiger partial charge is 0.370 e. The number of nitrogens with zero attached hydrogens (tertiary/aromatic N) is 5. The molecule has 0 radical (unpaired) electrons. The van der Waals surface area contributed by atoms with Gasteiger partial charge in [-0.1, -0.05) is 6.92 Å². The normalized spacial score (nSPS) is 21.1. The van der Waals surface area contributed by atoms with Gasteiger partial charge in [0.25, 0.3) is 0 Å². The lowest BCUT2D eigenvalue weighted by Gasteiger charge is -2.40. The second-order valence-electron chi connectivity index (χ2n) is 8.44. The molecule has 28 heavy (non-hydrogen) atoms. The molecular formula is C23H29N5. The van der Waals surface area contributed by atoms with Gasteiger partial charge in [0.2, 0.25) is 0 Å². The van der Waals surface area contributed by atoms with Crippen molar-refractivity contribution in [2.45, 2.75) is 52.5 Å². The van der Waals surface area contributed by atoms with E-state index >= 15 is 0 Å². The van der Waals surface area contributed by atoms with Gasteiger partial charge in [-0.2, -0.15) is 5.26 Å². The molecule has 5 nitrogen and oxygen atoms in total. The van der Waals surface area contributed by atoms with Crippen LogP contribution >= 0.6 is 0 Å². The summed E-state index contributed by atoms with van der Waals surface area (Å²) in [6.07, 6.45) is 6.65. The van der Waals surface area contributed by atoms with Crippen LogP contribution in [0.5, 0.6) is 0 Å². The lowest BCUT2D eigenvalue weighted by Crippen LogP contribution is -2.41. The summed E-state index contributed by atoms with van der Waals surface area (Å²) in [5.74, 6) is 1.02. The minimum absolute atomic E-state index is 0.371. The van der Waals surface area contributed by atoms with E-state index in [0.29, 0.717) is 17.0 Å². The van der Waals surface area contributed by atoms with E-state index in [0.717, 1.165) is 43.3 Å². The van der Waals surface area contributed by atoms with E-state index in [4.69, 9.17) is 10.2 Å². The van der Waals surface area contributed by atoms with Gasteiger partial charge in [0.05, 0.1) is 23.1 Å². The number of nitriles is 1. The fourth-order valence-corrected chi connectivity index (χ4v) is 4.87. The predicted octanol–water partition coefficient (Wildman–Crippen LogP) is 4.10. The third kappa shape index (κ3) is 3.44. The Hall–Kier alpha value is -2.61. The van der Waals surface area contributed by atoms with Crippen LogP contribution in [0, 0.1) is 23.7 Å². The third-order valence-electron chi connectivity index (χ3n) is 6.61. The number of hydrogen-bond donors (Lipinski definition) is 0. The van der Waals surface area contributed by atoms with Gasteiger partial charge in [-0.15, -0.1) is 0 Å². The van der Waals surface area contributed by atoms with Crippen molar-refractivity contribution in [1.29, 1.82) is 5.26 Å². The van der Waals surface area contributed by atoms with Crippen molar-refractivity contribution in [3.8, 4) is 6.07 Å². The summed E-state index contributed by atoms with van der Waals surface area (Å²) in [7, 11) is 0. The monoisotopic (exact) mass is 375 g/mol. The molecule has 1 spiro atoms. The molecule has 5 heteroatoms. The van der Waals surface area contributed by atoms with E-state index in [1.165, 1.54) is 24.9 Å². The Morgan fingerprint density at radius 3 is 2.61 bits per heavy atom. The van der Waals surface area contributed by atoms with Gasteiger partial charge in [-0.05, 0) is 69.2 Å². The molecule has 0 N–H and O–H groups in total. The molecule has 0 aromatic carbocycles. The second kappa shape index (κ2) is 7.43. The molecule has 0 aliphatic carbocycles. The van der Waals surface area contributed by atoms with Gasteiger partial charge in [0.1, 0.15) is 11.9 Å². The molecule has 2 aliphatic heterocycles. The molecule has 146 valence electrons. The molecule has 0 bridgehead atoms. The van der Waals surface area contributed by atoms with Crippen molar-refractivity contribution in [3.63, 3.8) is 0 Å². The third-order valence-corrected chi connectivity index (χ3v) is 6.61. The number of hydrogen-bond acceptors (Lipinski definition) is 5. The standard InChI is InChI=1S/C23H29N5/c1-4-20-6-7-21(15-25-20)27-11-9-23(10-12-27)13-17(2)28(16-23)22-8-5-19(14-24)18(3)26-22/h5-8,15,17H,4,9-13,16H2,1-3H3/t17-/m0/s1. The van der Waals surface area contributed by atoms with Crippen molar-refractivity contribution >= 4 is 11.5 Å². The summed E-state index contributed by atoms with van der Waals surface area (Å²) in [4.78, 5) is 14.2. The maximum Gasteiger partial charge on any atom is 0.129 e. The van der Waals surface area contributed by atoms with Crippen molar-refractivity contribution in [3.05, 3.63) is 47.4 Å². The van der Waals surface area contributed by atoms with Crippen LogP contribution in [0.15, 0.2) is 30.5 Å². The van der Waals surface area contributed by atoms with Crippen LogP contribution in [-0.4, -0.2) is 35.6 Å². The van der Waals surface area contributed by atoms with E-state index in [2.05, 4.69) is 46.8 Å². The fraction of sp³-hybridized carbons (Fsp3) is 0.522. The Bertz CT molecular complexity index is 875. The molecule has 2 aromatic heterocycles. The topological polar surface area (TPSA) is 56.0 Å². The van der Waals surface area contributed by atoms with Gasteiger partial charge < -0.3 is 9.80 Å². The van der Waals surface area contributed by atoms with Crippen LogP contribution in [0.25, 0.3) is 0 Å². The second-order valence-corrected chi connectivity index (χ2v) is 8.44. The van der Waals surface area contributed by atoms with Crippen LogP contribution in [0.2, 0.25) is 0 Å². The number of aryl methyl sites for hydroxylation is 2. The van der Waals surface area contributed by atoms with Crippen LogP contribution in [0.3, 0.4) is 0 Å². The Kier molecular flexibility index (Phi) is 4.97. The quantitative estimate of drug-likeness (QED) is 0.808. The first-order valence-corrected chi connectivity index (χ1v) is 10.4. The molecule has 2 aromatic rings. The summed E-state index contributed by atoms with van der Waals surface area (Å²) in [5.41, 5.74) is 4.27. The fourth-order valence-electron chi connectivity index (χ4n) is 4.87. The SMILES string of the molecule is CCc1ccc(N2CCC3(CC2)C[C@H](C)N(c2ccc(C#N)c(C)n2)C3)cn1. The minimum Gasteiger partial charge on any atom is -0.370 e. The van der Waals surface area contributed by atoms with Crippen molar-refractivity contribution in [2.24, 2.45) is 5.41 Å². The maximum absolute atomic E-state index is 9.16. The highest BCUT2D eigenvalue weighted by Gasteiger charge is 2.44. The molecule has 2 fully saturated rings. The summed E-state index contributed by atoms with van der Waals surface area (Å²) in [5, 5.41) is 9.16. The zero-order valence-corrected chi connectivity index (χ0v) is 17.1. The van der Waals surface area contributed by atoms with Crippen LogP contribution in [0.4, 0.5) is 11.5 Å². The number of anilines is 2. The lowest BCUT2D eigenvalue weighted by molar-refractivity contribution is 0.245. The number of pyridine rings is 2. The summed E-state index contributed by atoms with van der Waals surface area (Å²) < 4.78 is 0. The van der Waals surface area contributed by atoms with E-state index in [-0.39, 0.29) is 0 Å². The van der Waals surface area contributed by atoms with Gasteiger partial charge in [0.15, 0.2) is 0 Å². The minimum atomic E-state index is 0.371. The number of aromatic nitrogens is 2. The smallest absolute Gasteiger partial charge is 0.129 e. The zero-order chi connectivity index (χ0) is 19.7. The van der Waals surface area contributed by atoms with Gasteiger partial charge in [-0.3, -0.25) is 4.98 Å². The average molecular weight is 376 g/mol. The molecule has 4 rings (SSSR count). The predicted molar refractivity (Wildman–Crippen MR) is 113 cm³/mol. The Balaban J connectivity index is 1.44. The first kappa shape index (κ1) is 18.7. The molecule has 2 aliphatic rings. The Labute approximate surface area is 168 Å². The summed E-state index contributed by atoms with van der Waals surface area (Å²) >= 11 is 0. The van der Waals surface area contributed by atoms with Gasteiger partial charge in [0, 0.05) is 31.4 Å². The Morgan fingerprint density at radius 1 is 1.21 bits per heavy atom. The van der Waals surface area contributed by atoms with Crippen molar-refractivity contribution < 1.29 is 0 Å². The molecule has 4 heterocycles. The van der Waals surface area contributed by atoms with E-state index in [9.17, 15) is 0 Å².